The normalized spacial score (nSPS) is 31.1. The van der Waals surface area contributed by atoms with Crippen molar-refractivity contribution in [3.8, 4) is 0 Å². The van der Waals surface area contributed by atoms with E-state index in [1.54, 1.807) is 25.3 Å². The first-order valence-corrected chi connectivity index (χ1v) is 11.7. The van der Waals surface area contributed by atoms with Gasteiger partial charge in [-0.25, -0.2) is 0 Å². The molecule has 1 aromatic heterocycles. The molecule has 0 radical (unpaired) electrons. The minimum Gasteiger partial charge on any atom is -0.457 e. The van der Waals surface area contributed by atoms with Gasteiger partial charge in [0, 0.05) is 30.7 Å². The number of cyclic esters (lactones) is 1. The molecular formula is C27H37NO6. The lowest BCUT2D eigenvalue weighted by atomic mass is 9.88. The molecule has 1 aliphatic heterocycles. The zero-order chi connectivity index (χ0) is 25.3. The Bertz CT molecular complexity index is 905. The summed E-state index contributed by atoms with van der Waals surface area (Å²) in [6.07, 6.45) is 8.68. The number of nitrogens with zero attached hydrogens (tertiary/aromatic N) is 1. The number of aromatic nitrogens is 1. The number of allylic oxidation sites excluding steroid dienone is 3. The van der Waals surface area contributed by atoms with Gasteiger partial charge in [0.25, 0.3) is 0 Å². The molecule has 2 rings (SSSR count). The van der Waals surface area contributed by atoms with E-state index in [1.807, 2.05) is 57.2 Å². The van der Waals surface area contributed by atoms with Crippen LogP contribution >= 0.6 is 0 Å². The molecule has 0 amide bonds. The number of rotatable bonds is 5. The predicted octanol–water partition coefficient (Wildman–Crippen LogP) is 4.02. The van der Waals surface area contributed by atoms with Gasteiger partial charge in [-0.3, -0.25) is 14.6 Å². The second-order valence-corrected chi connectivity index (χ2v) is 9.28. The van der Waals surface area contributed by atoms with Crippen molar-refractivity contribution in [2.24, 2.45) is 5.92 Å². The summed E-state index contributed by atoms with van der Waals surface area (Å²) in [6, 6.07) is 5.78. The van der Waals surface area contributed by atoms with Gasteiger partial charge in [0.15, 0.2) is 0 Å². The van der Waals surface area contributed by atoms with Crippen molar-refractivity contribution in [2.45, 2.75) is 83.7 Å². The first-order valence-electron chi connectivity index (χ1n) is 11.7. The van der Waals surface area contributed by atoms with Crippen LogP contribution in [0.4, 0.5) is 0 Å². The largest absolute Gasteiger partial charge is 0.457 e. The summed E-state index contributed by atoms with van der Waals surface area (Å²) in [5.74, 6) is -1.18. The third-order valence-corrected chi connectivity index (χ3v) is 5.98. The van der Waals surface area contributed by atoms with Crippen molar-refractivity contribution in [3.05, 3.63) is 66.0 Å². The molecule has 1 aromatic rings. The zero-order valence-electron chi connectivity index (χ0n) is 20.7. The van der Waals surface area contributed by atoms with E-state index >= 15 is 0 Å². The topological polar surface area (TPSA) is 106 Å². The summed E-state index contributed by atoms with van der Waals surface area (Å²) in [6.45, 7) is 8.65. The number of carbonyl (C=O) groups is 2. The molecule has 0 spiro atoms. The SMILES string of the molecule is CC(=O)O[C@@H]1/C=C/[C@H](C)[C@@H](/C(C)=C/C=C/[C@H](C)c2ccccn2)OC(=O)C[C@@H](O)CC[C@]1(C)O. The zero-order valence-corrected chi connectivity index (χ0v) is 20.7. The molecule has 0 saturated carbocycles. The highest BCUT2D eigenvalue weighted by atomic mass is 16.6. The van der Waals surface area contributed by atoms with Crippen LogP contribution in [0.2, 0.25) is 0 Å². The monoisotopic (exact) mass is 471 g/mol. The van der Waals surface area contributed by atoms with E-state index in [4.69, 9.17) is 9.47 Å². The van der Waals surface area contributed by atoms with E-state index in [2.05, 4.69) is 4.98 Å². The second-order valence-electron chi connectivity index (χ2n) is 9.28. The van der Waals surface area contributed by atoms with Crippen LogP contribution in [-0.2, 0) is 19.1 Å². The van der Waals surface area contributed by atoms with E-state index in [1.165, 1.54) is 6.92 Å². The molecule has 0 aromatic carbocycles. The Morgan fingerprint density at radius 3 is 2.71 bits per heavy atom. The third kappa shape index (κ3) is 8.54. The molecule has 34 heavy (non-hydrogen) atoms. The van der Waals surface area contributed by atoms with E-state index in [9.17, 15) is 19.8 Å². The Kier molecular flexibility index (Phi) is 10.2. The quantitative estimate of drug-likeness (QED) is 0.379. The lowest BCUT2D eigenvalue weighted by Gasteiger charge is -2.32. The number of esters is 2. The second kappa shape index (κ2) is 12.6. The number of hydrogen-bond donors (Lipinski definition) is 2. The molecule has 7 heteroatoms. The van der Waals surface area contributed by atoms with Gasteiger partial charge in [-0.2, -0.15) is 0 Å². The number of pyridine rings is 1. The number of aliphatic hydroxyl groups excluding tert-OH is 1. The summed E-state index contributed by atoms with van der Waals surface area (Å²) >= 11 is 0. The maximum atomic E-state index is 12.5. The fourth-order valence-corrected chi connectivity index (χ4v) is 3.84. The van der Waals surface area contributed by atoms with Crippen LogP contribution < -0.4 is 0 Å². The molecule has 0 aliphatic carbocycles. The van der Waals surface area contributed by atoms with Crippen LogP contribution in [0.3, 0.4) is 0 Å². The van der Waals surface area contributed by atoms with Gasteiger partial charge in [0.2, 0.25) is 0 Å². The van der Waals surface area contributed by atoms with Crippen LogP contribution in [0.25, 0.3) is 0 Å². The van der Waals surface area contributed by atoms with Crippen LogP contribution in [-0.4, -0.2) is 51.0 Å². The van der Waals surface area contributed by atoms with Crippen LogP contribution in [0.5, 0.6) is 0 Å². The summed E-state index contributed by atoms with van der Waals surface area (Å²) < 4.78 is 11.1. The van der Waals surface area contributed by atoms with E-state index in [0.29, 0.717) is 0 Å². The molecule has 0 fully saturated rings. The highest BCUT2D eigenvalue weighted by molar-refractivity contribution is 5.70. The van der Waals surface area contributed by atoms with Gasteiger partial charge < -0.3 is 19.7 Å². The molecule has 2 heterocycles. The molecule has 0 saturated heterocycles. The Labute approximate surface area is 202 Å². The van der Waals surface area contributed by atoms with Gasteiger partial charge in [-0.15, -0.1) is 0 Å². The lowest BCUT2D eigenvalue weighted by Crippen LogP contribution is -2.42. The van der Waals surface area contributed by atoms with Gasteiger partial charge in [-0.1, -0.05) is 44.2 Å². The van der Waals surface area contributed by atoms with Crippen molar-refractivity contribution in [2.75, 3.05) is 0 Å². The van der Waals surface area contributed by atoms with Gasteiger partial charge in [0.05, 0.1) is 12.5 Å². The van der Waals surface area contributed by atoms with E-state index < -0.39 is 35.9 Å². The Morgan fingerprint density at radius 2 is 2.06 bits per heavy atom. The Hall–Kier alpha value is -2.77. The Morgan fingerprint density at radius 1 is 1.32 bits per heavy atom. The fourth-order valence-electron chi connectivity index (χ4n) is 3.84. The fraction of sp³-hybridized carbons (Fsp3) is 0.519. The average molecular weight is 472 g/mol. The van der Waals surface area contributed by atoms with E-state index in [0.717, 1.165) is 11.3 Å². The standard InChI is InChI=1S/C27H37NO6/c1-18(23-11-6-7-16-28-23)9-8-10-19(2)26-20(3)12-13-24(33-21(4)29)27(5,32)15-14-22(30)17-25(31)34-26/h6-13,16,18,20,22,24,26,30,32H,14-15,17H2,1-5H3/b9-8+,13-12+,19-10+/t18-,20-,22-,24+,26+,27-/m0/s1. The van der Waals surface area contributed by atoms with Crippen molar-refractivity contribution in [3.63, 3.8) is 0 Å². The molecule has 7 nitrogen and oxygen atoms in total. The number of carbonyl (C=O) groups excluding carboxylic acids is 2. The summed E-state index contributed by atoms with van der Waals surface area (Å²) in [7, 11) is 0. The summed E-state index contributed by atoms with van der Waals surface area (Å²) in [4.78, 5) is 28.5. The van der Waals surface area contributed by atoms with Gasteiger partial charge in [-0.05, 0) is 50.5 Å². The lowest BCUT2D eigenvalue weighted by molar-refractivity contribution is -0.157. The minimum atomic E-state index is -1.39. The van der Waals surface area contributed by atoms with Crippen molar-refractivity contribution >= 4 is 11.9 Å². The molecule has 6 atom stereocenters. The highest BCUT2D eigenvalue weighted by Crippen LogP contribution is 2.27. The van der Waals surface area contributed by atoms with Gasteiger partial charge >= 0.3 is 11.9 Å². The number of ether oxygens (including phenoxy) is 2. The summed E-state index contributed by atoms with van der Waals surface area (Å²) in [5.41, 5.74) is 0.380. The van der Waals surface area contributed by atoms with Crippen LogP contribution in [0.1, 0.15) is 65.5 Å². The van der Waals surface area contributed by atoms with Crippen molar-refractivity contribution in [1.29, 1.82) is 0 Å². The highest BCUT2D eigenvalue weighted by Gasteiger charge is 2.34. The van der Waals surface area contributed by atoms with Crippen molar-refractivity contribution in [1.82, 2.24) is 4.98 Å². The Balaban J connectivity index is 2.29. The molecule has 186 valence electrons. The van der Waals surface area contributed by atoms with Crippen LogP contribution in [0, 0.1) is 5.92 Å². The maximum Gasteiger partial charge on any atom is 0.309 e. The minimum absolute atomic E-state index is 0.114. The summed E-state index contributed by atoms with van der Waals surface area (Å²) in [5, 5.41) is 21.2. The van der Waals surface area contributed by atoms with Crippen LogP contribution in [0.15, 0.2) is 60.3 Å². The van der Waals surface area contributed by atoms with E-state index in [-0.39, 0.29) is 31.1 Å². The first kappa shape index (κ1) is 27.5. The number of hydrogen-bond acceptors (Lipinski definition) is 7. The molecule has 0 bridgehead atoms. The number of aliphatic hydroxyl groups is 2. The molecule has 2 N–H and O–H groups in total. The predicted molar refractivity (Wildman–Crippen MR) is 130 cm³/mol. The average Bonchev–Trinajstić information content (AvgIpc) is 2.78. The maximum absolute atomic E-state index is 12.5. The van der Waals surface area contributed by atoms with Gasteiger partial charge in [0.1, 0.15) is 17.8 Å². The third-order valence-electron chi connectivity index (χ3n) is 5.98. The smallest absolute Gasteiger partial charge is 0.309 e. The molecule has 1 aliphatic rings. The molecular weight excluding hydrogens is 434 g/mol. The first-order chi connectivity index (χ1) is 16.0. The van der Waals surface area contributed by atoms with Crippen molar-refractivity contribution < 1.29 is 29.3 Å². The molecule has 0 unspecified atom stereocenters.